The molecule has 0 bridgehead atoms. The first-order valence-electron chi connectivity index (χ1n) is 6.35. The molecule has 0 saturated heterocycles. The molecule has 2 N–H and O–H groups in total. The number of fused-ring (bicyclic) bond motifs is 1. The van der Waals surface area contributed by atoms with Crippen LogP contribution in [0.25, 0.3) is 0 Å². The second-order valence-corrected chi connectivity index (χ2v) is 4.48. The Bertz CT molecular complexity index is 651. The molecule has 1 atom stereocenters. The van der Waals surface area contributed by atoms with Gasteiger partial charge in [-0.1, -0.05) is 25.1 Å². The third-order valence-electron chi connectivity index (χ3n) is 3.15. The van der Waals surface area contributed by atoms with E-state index in [4.69, 9.17) is 4.74 Å². The van der Waals surface area contributed by atoms with E-state index >= 15 is 0 Å². The smallest absolute Gasteiger partial charge is 0.252 e. The van der Waals surface area contributed by atoms with Crippen LogP contribution >= 0.6 is 0 Å². The number of anilines is 1. The number of rotatable bonds is 3. The Morgan fingerprint density at radius 1 is 1.47 bits per heavy atom. The number of nitrogens with zero attached hydrogens (tertiary/aromatic N) is 1. The van der Waals surface area contributed by atoms with Crippen LogP contribution in [0, 0.1) is 0 Å². The fourth-order valence-corrected chi connectivity index (χ4v) is 2.21. The normalized spacial score (nSPS) is 16.8. The monoisotopic (exact) mass is 257 g/mol. The van der Waals surface area contributed by atoms with Gasteiger partial charge >= 0.3 is 0 Å². The van der Waals surface area contributed by atoms with Gasteiger partial charge in [0.1, 0.15) is 24.0 Å². The Morgan fingerprint density at radius 2 is 2.32 bits per heavy atom. The van der Waals surface area contributed by atoms with Gasteiger partial charge in [0, 0.05) is 18.1 Å². The summed E-state index contributed by atoms with van der Waals surface area (Å²) >= 11 is 0. The summed E-state index contributed by atoms with van der Waals surface area (Å²) < 4.78 is 5.59. The minimum Gasteiger partial charge on any atom is -0.491 e. The molecule has 0 aliphatic carbocycles. The third kappa shape index (κ3) is 2.31. The van der Waals surface area contributed by atoms with Crippen LogP contribution in [-0.4, -0.2) is 16.6 Å². The molecule has 2 heterocycles. The number of hydrogen-bond donors (Lipinski definition) is 2. The van der Waals surface area contributed by atoms with Gasteiger partial charge in [0.2, 0.25) is 0 Å². The number of aryl methyl sites for hydroxylation is 1. The topological polar surface area (TPSA) is 67.0 Å². The number of H-pyrrole nitrogens is 1. The maximum Gasteiger partial charge on any atom is 0.252 e. The average Bonchev–Trinajstić information content (AvgIpc) is 2.82. The maximum absolute atomic E-state index is 11.5. The summed E-state index contributed by atoms with van der Waals surface area (Å²) in [5, 5.41) is 3.26. The van der Waals surface area contributed by atoms with E-state index in [9.17, 15) is 4.79 Å². The fraction of sp³-hybridized carbons (Fsp3) is 0.286. The summed E-state index contributed by atoms with van der Waals surface area (Å²) in [5.41, 5.74) is 0.962. The Balaban J connectivity index is 1.87. The van der Waals surface area contributed by atoms with E-state index in [0.717, 1.165) is 11.3 Å². The molecule has 1 aliphatic heterocycles. The van der Waals surface area contributed by atoms with E-state index in [-0.39, 0.29) is 11.6 Å². The van der Waals surface area contributed by atoms with Crippen LogP contribution in [0.4, 0.5) is 5.82 Å². The van der Waals surface area contributed by atoms with Gasteiger partial charge in [-0.25, -0.2) is 4.98 Å². The number of nitrogens with one attached hydrogen (secondary N) is 2. The van der Waals surface area contributed by atoms with Crippen LogP contribution in [0.2, 0.25) is 0 Å². The van der Waals surface area contributed by atoms with Gasteiger partial charge < -0.3 is 15.0 Å². The summed E-state index contributed by atoms with van der Waals surface area (Å²) in [5.74, 6) is 2.16. The molecule has 0 spiro atoms. The lowest BCUT2D eigenvalue weighted by atomic mass is 10.1. The molecule has 2 aromatic rings. The molecule has 1 unspecified atom stereocenters. The van der Waals surface area contributed by atoms with Crippen LogP contribution < -0.4 is 15.6 Å². The zero-order chi connectivity index (χ0) is 13.2. The molecule has 1 aromatic heterocycles. The molecule has 1 aromatic carbocycles. The van der Waals surface area contributed by atoms with Gasteiger partial charge in [-0.15, -0.1) is 0 Å². The summed E-state index contributed by atoms with van der Waals surface area (Å²) in [6.45, 7) is 2.51. The molecule has 1 aliphatic rings. The average molecular weight is 257 g/mol. The van der Waals surface area contributed by atoms with Crippen LogP contribution in [-0.2, 0) is 6.42 Å². The Morgan fingerprint density at radius 3 is 3.16 bits per heavy atom. The highest BCUT2D eigenvalue weighted by Crippen LogP contribution is 2.33. The van der Waals surface area contributed by atoms with Crippen molar-refractivity contribution in [3.63, 3.8) is 0 Å². The van der Waals surface area contributed by atoms with E-state index in [0.29, 0.717) is 24.7 Å². The van der Waals surface area contributed by atoms with E-state index < -0.39 is 0 Å². The van der Waals surface area contributed by atoms with E-state index in [1.807, 2.05) is 31.2 Å². The second kappa shape index (κ2) is 4.76. The molecule has 5 heteroatoms. The zero-order valence-electron chi connectivity index (χ0n) is 10.6. The molecule has 0 fully saturated rings. The highest BCUT2D eigenvalue weighted by molar-refractivity contribution is 5.45. The molecule has 0 radical (unpaired) electrons. The molecule has 19 heavy (non-hydrogen) atoms. The molecule has 0 saturated carbocycles. The largest absolute Gasteiger partial charge is 0.491 e. The third-order valence-corrected chi connectivity index (χ3v) is 3.15. The van der Waals surface area contributed by atoms with Crippen LogP contribution in [0.1, 0.15) is 24.4 Å². The highest BCUT2D eigenvalue weighted by Gasteiger charge is 2.23. The maximum atomic E-state index is 11.5. The van der Waals surface area contributed by atoms with Gasteiger partial charge in [-0.3, -0.25) is 4.79 Å². The van der Waals surface area contributed by atoms with Gasteiger partial charge in [-0.05, 0) is 6.07 Å². The van der Waals surface area contributed by atoms with Crippen molar-refractivity contribution in [3.8, 4) is 5.75 Å². The SMILES string of the molecule is CCc1nc(NC2COc3ccccc32)cc(=O)[nH]1. The van der Waals surface area contributed by atoms with Gasteiger partial charge in [0.25, 0.3) is 5.56 Å². The Hall–Kier alpha value is -2.30. The van der Waals surface area contributed by atoms with Crippen molar-refractivity contribution in [2.75, 3.05) is 11.9 Å². The zero-order valence-corrected chi connectivity index (χ0v) is 10.6. The quantitative estimate of drug-likeness (QED) is 0.881. The van der Waals surface area contributed by atoms with Gasteiger partial charge in [0.15, 0.2) is 0 Å². The highest BCUT2D eigenvalue weighted by atomic mass is 16.5. The number of ether oxygens (including phenoxy) is 1. The number of benzene rings is 1. The van der Waals surface area contributed by atoms with Crippen LogP contribution in [0.15, 0.2) is 35.1 Å². The number of aromatic amines is 1. The predicted octanol–water partition coefficient (Wildman–Crippen LogP) is 1.88. The number of para-hydroxylation sites is 1. The summed E-state index contributed by atoms with van der Waals surface area (Å²) in [7, 11) is 0. The lowest BCUT2D eigenvalue weighted by Crippen LogP contribution is -2.17. The molecule has 0 amide bonds. The standard InChI is InChI=1S/C14H15N3O2/c1-2-12-16-13(7-14(18)17-12)15-10-8-19-11-6-4-3-5-9(10)11/h3-7,10H,2,8H2,1H3,(H2,15,16,17,18). The van der Waals surface area contributed by atoms with Crippen molar-refractivity contribution in [1.29, 1.82) is 0 Å². The van der Waals surface area contributed by atoms with Crippen molar-refractivity contribution in [2.45, 2.75) is 19.4 Å². The first-order chi connectivity index (χ1) is 9.26. The van der Waals surface area contributed by atoms with Crippen molar-refractivity contribution in [2.24, 2.45) is 0 Å². The van der Waals surface area contributed by atoms with Gasteiger partial charge in [-0.2, -0.15) is 0 Å². The first-order valence-corrected chi connectivity index (χ1v) is 6.35. The van der Waals surface area contributed by atoms with Crippen molar-refractivity contribution < 1.29 is 4.74 Å². The van der Waals surface area contributed by atoms with E-state index in [1.54, 1.807) is 0 Å². The fourth-order valence-electron chi connectivity index (χ4n) is 2.21. The van der Waals surface area contributed by atoms with Crippen LogP contribution in [0.3, 0.4) is 0 Å². The van der Waals surface area contributed by atoms with Gasteiger partial charge in [0.05, 0.1) is 6.04 Å². The molecular weight excluding hydrogens is 242 g/mol. The molecule has 3 rings (SSSR count). The predicted molar refractivity (Wildman–Crippen MR) is 72.5 cm³/mol. The van der Waals surface area contributed by atoms with Crippen molar-refractivity contribution >= 4 is 5.82 Å². The van der Waals surface area contributed by atoms with E-state index in [1.165, 1.54) is 6.07 Å². The van der Waals surface area contributed by atoms with Crippen molar-refractivity contribution in [3.05, 3.63) is 52.1 Å². The lowest BCUT2D eigenvalue weighted by Gasteiger charge is -2.12. The first kappa shape index (κ1) is 11.8. The van der Waals surface area contributed by atoms with E-state index in [2.05, 4.69) is 15.3 Å². The summed E-state index contributed by atoms with van der Waals surface area (Å²) in [4.78, 5) is 18.6. The Kier molecular flexibility index (Phi) is 2.95. The number of aromatic nitrogens is 2. The minimum absolute atomic E-state index is 0.0372. The second-order valence-electron chi connectivity index (χ2n) is 4.48. The number of hydrogen-bond acceptors (Lipinski definition) is 4. The summed E-state index contributed by atoms with van der Waals surface area (Å²) in [6, 6.07) is 9.40. The molecule has 98 valence electrons. The molecular formula is C14H15N3O2. The lowest BCUT2D eigenvalue weighted by molar-refractivity contribution is 0.339. The summed E-state index contributed by atoms with van der Waals surface area (Å²) in [6.07, 6.45) is 0.697. The van der Waals surface area contributed by atoms with Crippen LogP contribution in [0.5, 0.6) is 5.75 Å². The van der Waals surface area contributed by atoms with Crippen molar-refractivity contribution in [1.82, 2.24) is 9.97 Å². The molecule has 5 nitrogen and oxygen atoms in total. The minimum atomic E-state index is -0.137. The Labute approximate surface area is 110 Å².